The predicted octanol–water partition coefficient (Wildman–Crippen LogP) is 1.86. The molecule has 124 valence electrons. The van der Waals surface area contributed by atoms with Crippen LogP contribution in [0.15, 0.2) is 17.5 Å². The molecule has 2 N–H and O–H groups in total. The average Bonchev–Trinajstić information content (AvgIpc) is 3.12. The van der Waals surface area contributed by atoms with Crippen molar-refractivity contribution in [1.29, 1.82) is 0 Å². The van der Waals surface area contributed by atoms with Gasteiger partial charge in [-0.2, -0.15) is 0 Å². The molecule has 0 aromatic carbocycles. The first-order chi connectivity index (χ1) is 11.0. The molecule has 4 amide bonds. The van der Waals surface area contributed by atoms with E-state index >= 15 is 0 Å². The first kappa shape index (κ1) is 16.0. The Morgan fingerprint density at radius 2 is 2.30 bits per heavy atom. The van der Waals surface area contributed by atoms with Crippen LogP contribution in [0.4, 0.5) is 4.79 Å². The van der Waals surface area contributed by atoms with Gasteiger partial charge in [0.1, 0.15) is 12.1 Å². The molecule has 2 aliphatic rings. The standard InChI is InChI=1S/C16H21N3O3S/c1-11-5-2-3-7-16(11)14(21)19(15(22)18-16)10-13(20)17-9-12-6-4-8-23-12/h4,6,8,11H,2-3,5,7,9-10H2,1H3,(H,17,20)(H,18,22)/t11-,16+/m0/s1. The summed E-state index contributed by atoms with van der Waals surface area (Å²) in [6.07, 6.45) is 3.58. The number of rotatable bonds is 4. The van der Waals surface area contributed by atoms with Gasteiger partial charge in [-0.25, -0.2) is 4.79 Å². The van der Waals surface area contributed by atoms with Crippen molar-refractivity contribution in [3.8, 4) is 0 Å². The summed E-state index contributed by atoms with van der Waals surface area (Å²) in [5.74, 6) is -0.463. The first-order valence-corrected chi connectivity index (χ1v) is 8.84. The zero-order valence-electron chi connectivity index (χ0n) is 13.1. The summed E-state index contributed by atoms with van der Waals surface area (Å²) < 4.78 is 0. The summed E-state index contributed by atoms with van der Waals surface area (Å²) in [5, 5.41) is 7.54. The predicted molar refractivity (Wildman–Crippen MR) is 86.8 cm³/mol. The van der Waals surface area contributed by atoms with Gasteiger partial charge in [0.15, 0.2) is 0 Å². The fourth-order valence-electron chi connectivity index (χ4n) is 3.44. The van der Waals surface area contributed by atoms with Crippen LogP contribution < -0.4 is 10.6 Å². The summed E-state index contributed by atoms with van der Waals surface area (Å²) in [4.78, 5) is 39.1. The van der Waals surface area contributed by atoms with E-state index in [1.165, 1.54) is 0 Å². The van der Waals surface area contributed by atoms with E-state index < -0.39 is 11.6 Å². The van der Waals surface area contributed by atoms with Crippen LogP contribution >= 0.6 is 11.3 Å². The molecule has 0 radical (unpaired) electrons. The fourth-order valence-corrected chi connectivity index (χ4v) is 4.08. The first-order valence-electron chi connectivity index (χ1n) is 7.96. The van der Waals surface area contributed by atoms with Crippen LogP contribution in [0.2, 0.25) is 0 Å². The Kier molecular flexibility index (Phi) is 4.39. The van der Waals surface area contributed by atoms with E-state index in [2.05, 4.69) is 10.6 Å². The number of carbonyl (C=O) groups excluding carboxylic acids is 3. The minimum Gasteiger partial charge on any atom is -0.350 e. The van der Waals surface area contributed by atoms with Gasteiger partial charge in [0, 0.05) is 4.88 Å². The second-order valence-corrected chi connectivity index (χ2v) is 7.33. The Bertz CT molecular complexity index is 616. The number of nitrogens with zero attached hydrogens (tertiary/aromatic N) is 1. The van der Waals surface area contributed by atoms with Crippen molar-refractivity contribution < 1.29 is 14.4 Å². The molecule has 23 heavy (non-hydrogen) atoms. The van der Waals surface area contributed by atoms with Gasteiger partial charge in [0.2, 0.25) is 5.91 Å². The van der Waals surface area contributed by atoms with Crippen LogP contribution in [0.25, 0.3) is 0 Å². The van der Waals surface area contributed by atoms with Gasteiger partial charge >= 0.3 is 6.03 Å². The molecule has 6 nitrogen and oxygen atoms in total. The molecule has 1 aromatic heterocycles. The maximum absolute atomic E-state index is 12.7. The molecule has 2 atom stereocenters. The van der Waals surface area contributed by atoms with E-state index in [-0.39, 0.29) is 24.3 Å². The summed E-state index contributed by atoms with van der Waals surface area (Å²) >= 11 is 1.55. The number of imide groups is 1. The quantitative estimate of drug-likeness (QED) is 0.825. The van der Waals surface area contributed by atoms with Crippen LogP contribution in [0.5, 0.6) is 0 Å². The molecular formula is C16H21N3O3S. The molecular weight excluding hydrogens is 314 g/mol. The molecule has 1 aliphatic heterocycles. The molecule has 1 spiro atoms. The Labute approximate surface area is 139 Å². The number of amides is 4. The maximum atomic E-state index is 12.7. The van der Waals surface area contributed by atoms with E-state index in [4.69, 9.17) is 0 Å². The van der Waals surface area contributed by atoms with E-state index in [0.717, 1.165) is 29.0 Å². The number of nitrogens with one attached hydrogen (secondary N) is 2. The molecule has 1 saturated carbocycles. The van der Waals surface area contributed by atoms with Crippen molar-refractivity contribution >= 4 is 29.2 Å². The SMILES string of the molecule is C[C@H]1CCCC[C@@]12NC(=O)N(CC(=O)NCc1cccs1)C2=O. The van der Waals surface area contributed by atoms with Crippen LogP contribution in [-0.2, 0) is 16.1 Å². The highest BCUT2D eigenvalue weighted by molar-refractivity contribution is 7.09. The Morgan fingerprint density at radius 1 is 1.48 bits per heavy atom. The third kappa shape index (κ3) is 2.97. The lowest BCUT2D eigenvalue weighted by Crippen LogP contribution is -2.54. The lowest BCUT2D eigenvalue weighted by Gasteiger charge is -2.36. The second kappa shape index (κ2) is 6.31. The third-order valence-corrected chi connectivity index (χ3v) is 5.72. The van der Waals surface area contributed by atoms with E-state index in [9.17, 15) is 14.4 Å². The normalized spacial score (nSPS) is 27.3. The van der Waals surface area contributed by atoms with Gasteiger partial charge < -0.3 is 10.6 Å². The van der Waals surface area contributed by atoms with Crippen molar-refractivity contribution in [1.82, 2.24) is 15.5 Å². The van der Waals surface area contributed by atoms with Crippen molar-refractivity contribution in [2.75, 3.05) is 6.54 Å². The van der Waals surface area contributed by atoms with Crippen molar-refractivity contribution in [3.63, 3.8) is 0 Å². The monoisotopic (exact) mass is 335 g/mol. The van der Waals surface area contributed by atoms with E-state index in [1.807, 2.05) is 24.4 Å². The molecule has 2 fully saturated rings. The highest BCUT2D eigenvalue weighted by atomic mass is 32.1. The van der Waals surface area contributed by atoms with Crippen molar-refractivity contribution in [3.05, 3.63) is 22.4 Å². The molecule has 1 aromatic rings. The second-order valence-electron chi connectivity index (χ2n) is 6.30. The number of carbonyl (C=O) groups is 3. The minimum absolute atomic E-state index is 0.104. The van der Waals surface area contributed by atoms with Crippen LogP contribution in [0, 0.1) is 5.92 Å². The molecule has 3 rings (SSSR count). The number of thiophene rings is 1. The molecule has 1 saturated heterocycles. The fraction of sp³-hybridized carbons (Fsp3) is 0.562. The topological polar surface area (TPSA) is 78.5 Å². The molecule has 0 unspecified atom stereocenters. The Hall–Kier alpha value is -1.89. The highest BCUT2D eigenvalue weighted by Gasteiger charge is 2.55. The largest absolute Gasteiger partial charge is 0.350 e. The van der Waals surface area contributed by atoms with Crippen LogP contribution in [0.3, 0.4) is 0 Å². The minimum atomic E-state index is -0.802. The zero-order chi connectivity index (χ0) is 16.4. The molecule has 1 aliphatic carbocycles. The number of hydrogen-bond donors (Lipinski definition) is 2. The van der Waals surface area contributed by atoms with Crippen molar-refractivity contribution in [2.24, 2.45) is 5.92 Å². The van der Waals surface area contributed by atoms with Gasteiger partial charge in [-0.1, -0.05) is 25.8 Å². The Balaban J connectivity index is 1.62. The van der Waals surface area contributed by atoms with Crippen LogP contribution in [0.1, 0.15) is 37.5 Å². The summed E-state index contributed by atoms with van der Waals surface area (Å²) in [6.45, 7) is 2.20. The smallest absolute Gasteiger partial charge is 0.325 e. The van der Waals surface area contributed by atoms with Gasteiger partial charge in [-0.15, -0.1) is 11.3 Å². The van der Waals surface area contributed by atoms with Gasteiger partial charge in [0.05, 0.1) is 6.54 Å². The number of hydrogen-bond acceptors (Lipinski definition) is 4. The Morgan fingerprint density at radius 3 is 3.00 bits per heavy atom. The lowest BCUT2D eigenvalue weighted by atomic mass is 9.73. The molecule has 2 heterocycles. The molecule has 0 bridgehead atoms. The summed E-state index contributed by atoms with van der Waals surface area (Å²) in [5.41, 5.74) is -0.802. The summed E-state index contributed by atoms with van der Waals surface area (Å²) in [6, 6.07) is 3.39. The van der Waals surface area contributed by atoms with Gasteiger partial charge in [0.25, 0.3) is 5.91 Å². The zero-order valence-corrected chi connectivity index (χ0v) is 13.9. The van der Waals surface area contributed by atoms with Crippen molar-refractivity contribution in [2.45, 2.75) is 44.7 Å². The highest BCUT2D eigenvalue weighted by Crippen LogP contribution is 2.38. The van der Waals surface area contributed by atoms with E-state index in [0.29, 0.717) is 13.0 Å². The number of urea groups is 1. The average molecular weight is 335 g/mol. The maximum Gasteiger partial charge on any atom is 0.325 e. The summed E-state index contributed by atoms with van der Waals surface area (Å²) in [7, 11) is 0. The lowest BCUT2D eigenvalue weighted by molar-refractivity contribution is -0.137. The van der Waals surface area contributed by atoms with Gasteiger partial charge in [-0.3, -0.25) is 14.5 Å². The third-order valence-electron chi connectivity index (χ3n) is 4.84. The van der Waals surface area contributed by atoms with E-state index in [1.54, 1.807) is 11.3 Å². The van der Waals surface area contributed by atoms with Crippen LogP contribution in [-0.4, -0.2) is 34.8 Å². The van der Waals surface area contributed by atoms with Gasteiger partial charge in [-0.05, 0) is 30.2 Å². The molecule has 7 heteroatoms.